The van der Waals surface area contributed by atoms with Gasteiger partial charge in [-0.3, -0.25) is 0 Å². The molecule has 0 spiro atoms. The minimum absolute atomic E-state index is 0.139. The maximum Gasteiger partial charge on any atom is 0.126 e. The Morgan fingerprint density at radius 1 is 1.37 bits per heavy atom. The van der Waals surface area contributed by atoms with Gasteiger partial charge < -0.3 is 5.32 Å². The van der Waals surface area contributed by atoms with Crippen molar-refractivity contribution >= 4 is 39.6 Å². The van der Waals surface area contributed by atoms with E-state index in [4.69, 9.17) is 0 Å². The number of aryl methyl sites for hydroxylation is 2. The van der Waals surface area contributed by atoms with Gasteiger partial charge in [0.2, 0.25) is 0 Å². The first-order valence-corrected chi connectivity index (χ1v) is 8.34. The third kappa shape index (κ3) is 2.79. The van der Waals surface area contributed by atoms with E-state index in [-0.39, 0.29) is 5.82 Å². The van der Waals surface area contributed by atoms with Crippen LogP contribution in [0.2, 0.25) is 0 Å². The maximum atomic E-state index is 13.3. The first-order chi connectivity index (χ1) is 9.13. The van der Waals surface area contributed by atoms with E-state index in [9.17, 15) is 4.39 Å². The number of hydrogen-bond acceptors (Lipinski definition) is 2. The highest BCUT2D eigenvalue weighted by Gasteiger charge is 2.22. The summed E-state index contributed by atoms with van der Waals surface area (Å²) in [7, 11) is 0. The number of fused-ring (bicyclic) bond motifs is 1. The summed E-state index contributed by atoms with van der Waals surface area (Å²) >= 11 is 4.29. The highest BCUT2D eigenvalue weighted by atomic mass is 127. The fourth-order valence-electron chi connectivity index (χ4n) is 2.61. The molecule has 0 fully saturated rings. The molecule has 1 aliphatic carbocycles. The summed E-state index contributed by atoms with van der Waals surface area (Å²) in [6.45, 7) is 1.81. The topological polar surface area (TPSA) is 12.0 Å². The number of rotatable bonds is 2. The molecule has 0 bridgehead atoms. The second-order valence-corrected chi connectivity index (χ2v) is 8.01. The van der Waals surface area contributed by atoms with Crippen LogP contribution in [0.25, 0.3) is 0 Å². The zero-order valence-corrected chi connectivity index (χ0v) is 13.6. The predicted octanol–water partition coefficient (Wildman–Crippen LogP) is 5.29. The molecule has 1 unspecified atom stereocenters. The second-order valence-electron chi connectivity index (χ2n) is 4.98. The van der Waals surface area contributed by atoms with Gasteiger partial charge in [-0.15, -0.1) is 11.3 Å². The SMILES string of the molecule is Cc1cc(NC2CCCc3sc(I)cc32)ccc1F. The molecular weight excluding hydrogens is 372 g/mol. The molecule has 0 saturated carbocycles. The van der Waals surface area contributed by atoms with Crippen LogP contribution in [0, 0.1) is 15.6 Å². The Balaban J connectivity index is 1.86. The van der Waals surface area contributed by atoms with Crippen molar-refractivity contribution in [1.29, 1.82) is 0 Å². The van der Waals surface area contributed by atoms with Crippen LogP contribution in [0.5, 0.6) is 0 Å². The van der Waals surface area contributed by atoms with Crippen molar-refractivity contribution in [3.8, 4) is 0 Å². The smallest absolute Gasteiger partial charge is 0.126 e. The van der Waals surface area contributed by atoms with Crippen molar-refractivity contribution in [3.05, 3.63) is 49.0 Å². The predicted molar refractivity (Wildman–Crippen MR) is 87.5 cm³/mol. The lowest BCUT2D eigenvalue weighted by molar-refractivity contribution is 0.606. The largest absolute Gasteiger partial charge is 0.378 e. The molecular formula is C15H15FINS. The highest BCUT2D eigenvalue weighted by Crippen LogP contribution is 2.38. The van der Waals surface area contributed by atoms with Crippen molar-refractivity contribution in [2.75, 3.05) is 5.32 Å². The van der Waals surface area contributed by atoms with E-state index in [1.54, 1.807) is 13.0 Å². The molecule has 1 atom stereocenters. The molecule has 3 rings (SSSR count). The van der Waals surface area contributed by atoms with Gasteiger partial charge in [0.15, 0.2) is 0 Å². The summed E-state index contributed by atoms with van der Waals surface area (Å²) in [6, 6.07) is 7.91. The monoisotopic (exact) mass is 387 g/mol. The molecule has 0 aliphatic heterocycles. The van der Waals surface area contributed by atoms with Crippen molar-refractivity contribution in [2.45, 2.75) is 32.2 Å². The highest BCUT2D eigenvalue weighted by molar-refractivity contribution is 14.1. The summed E-state index contributed by atoms with van der Waals surface area (Å²) in [5.41, 5.74) is 3.14. The molecule has 1 aromatic heterocycles. The van der Waals surface area contributed by atoms with E-state index < -0.39 is 0 Å². The Morgan fingerprint density at radius 3 is 3.00 bits per heavy atom. The molecule has 2 aromatic rings. The van der Waals surface area contributed by atoms with E-state index >= 15 is 0 Å². The van der Waals surface area contributed by atoms with Gasteiger partial charge in [-0.25, -0.2) is 4.39 Å². The van der Waals surface area contributed by atoms with Crippen LogP contribution in [0.3, 0.4) is 0 Å². The Kier molecular flexibility index (Phi) is 3.80. The number of benzene rings is 1. The van der Waals surface area contributed by atoms with E-state index in [1.165, 1.54) is 26.2 Å². The van der Waals surface area contributed by atoms with Gasteiger partial charge in [0.05, 0.1) is 8.93 Å². The average Bonchev–Trinajstić information content (AvgIpc) is 2.75. The molecule has 0 saturated heterocycles. The zero-order chi connectivity index (χ0) is 13.4. The fraction of sp³-hybridized carbons (Fsp3) is 0.333. The zero-order valence-electron chi connectivity index (χ0n) is 10.7. The van der Waals surface area contributed by atoms with Crippen LogP contribution in [0.15, 0.2) is 24.3 Å². The number of halogens is 2. The average molecular weight is 387 g/mol. The number of hydrogen-bond donors (Lipinski definition) is 1. The molecule has 1 aliphatic rings. The summed E-state index contributed by atoms with van der Waals surface area (Å²) in [5, 5.41) is 3.56. The van der Waals surface area contributed by atoms with Gasteiger partial charge in [-0.1, -0.05) is 0 Å². The number of anilines is 1. The Hall–Kier alpha value is -0.620. The lowest BCUT2D eigenvalue weighted by Gasteiger charge is -2.24. The summed E-state index contributed by atoms with van der Waals surface area (Å²) in [6.07, 6.45) is 3.57. The van der Waals surface area contributed by atoms with Crippen molar-refractivity contribution in [2.24, 2.45) is 0 Å². The lowest BCUT2D eigenvalue weighted by atomic mass is 9.94. The Labute approximate surface area is 130 Å². The van der Waals surface area contributed by atoms with Gasteiger partial charge in [-0.05, 0) is 84.2 Å². The summed E-state index contributed by atoms with van der Waals surface area (Å²) < 4.78 is 14.6. The standard InChI is InChI=1S/C15H15FINS/c1-9-7-10(5-6-12(9)16)18-13-3-2-4-14-11(13)8-15(17)19-14/h5-8,13,18H,2-4H2,1H3. The quantitative estimate of drug-likeness (QED) is 0.691. The van der Waals surface area contributed by atoms with E-state index in [2.05, 4.69) is 34.0 Å². The first-order valence-electron chi connectivity index (χ1n) is 6.44. The molecule has 1 N–H and O–H groups in total. The van der Waals surface area contributed by atoms with E-state index in [1.807, 2.05) is 23.5 Å². The third-order valence-corrected chi connectivity index (χ3v) is 5.55. The van der Waals surface area contributed by atoms with Gasteiger partial charge in [0, 0.05) is 10.6 Å². The molecule has 0 amide bonds. The van der Waals surface area contributed by atoms with Crippen molar-refractivity contribution in [1.82, 2.24) is 0 Å². The molecule has 1 heterocycles. The molecule has 19 heavy (non-hydrogen) atoms. The van der Waals surface area contributed by atoms with E-state index in [0.717, 1.165) is 12.1 Å². The normalized spacial score (nSPS) is 18.2. The third-order valence-electron chi connectivity index (χ3n) is 3.58. The number of thiophene rings is 1. The van der Waals surface area contributed by atoms with Crippen LogP contribution in [-0.2, 0) is 6.42 Å². The Bertz CT molecular complexity index is 608. The Morgan fingerprint density at radius 2 is 2.21 bits per heavy atom. The van der Waals surface area contributed by atoms with Gasteiger partial charge >= 0.3 is 0 Å². The van der Waals surface area contributed by atoms with Crippen LogP contribution < -0.4 is 5.32 Å². The second kappa shape index (κ2) is 5.40. The van der Waals surface area contributed by atoms with Crippen LogP contribution in [-0.4, -0.2) is 0 Å². The summed E-state index contributed by atoms with van der Waals surface area (Å²) in [5.74, 6) is -0.139. The summed E-state index contributed by atoms with van der Waals surface area (Å²) in [4.78, 5) is 1.51. The molecule has 100 valence electrons. The van der Waals surface area contributed by atoms with Crippen molar-refractivity contribution < 1.29 is 4.39 Å². The van der Waals surface area contributed by atoms with Crippen LogP contribution in [0.1, 0.15) is 34.9 Å². The van der Waals surface area contributed by atoms with Crippen LogP contribution in [0.4, 0.5) is 10.1 Å². The van der Waals surface area contributed by atoms with E-state index in [0.29, 0.717) is 11.6 Å². The molecule has 1 aromatic carbocycles. The first kappa shape index (κ1) is 13.4. The van der Waals surface area contributed by atoms with Gasteiger partial charge in [0.25, 0.3) is 0 Å². The number of nitrogens with one attached hydrogen (secondary N) is 1. The van der Waals surface area contributed by atoms with Gasteiger partial charge in [0.1, 0.15) is 5.82 Å². The van der Waals surface area contributed by atoms with Crippen LogP contribution >= 0.6 is 33.9 Å². The molecule has 0 radical (unpaired) electrons. The fourth-order valence-corrected chi connectivity index (χ4v) is 4.73. The molecule has 1 nitrogen and oxygen atoms in total. The van der Waals surface area contributed by atoms with Crippen molar-refractivity contribution in [3.63, 3.8) is 0 Å². The maximum absolute atomic E-state index is 13.3. The molecule has 4 heteroatoms. The lowest BCUT2D eigenvalue weighted by Crippen LogP contribution is -2.15. The van der Waals surface area contributed by atoms with Gasteiger partial charge in [-0.2, -0.15) is 0 Å². The minimum Gasteiger partial charge on any atom is -0.378 e. The minimum atomic E-state index is -0.139.